The molecule has 132 valence electrons. The lowest BCUT2D eigenvalue weighted by Gasteiger charge is -2.12. The van der Waals surface area contributed by atoms with Gasteiger partial charge in [-0.15, -0.1) is 24.0 Å². The van der Waals surface area contributed by atoms with E-state index in [-0.39, 0.29) is 24.0 Å². The first-order valence-electron chi connectivity index (χ1n) is 7.69. The Morgan fingerprint density at radius 3 is 2.58 bits per heavy atom. The van der Waals surface area contributed by atoms with Gasteiger partial charge in [-0.1, -0.05) is 30.6 Å². The van der Waals surface area contributed by atoms with Gasteiger partial charge in [0, 0.05) is 23.7 Å². The van der Waals surface area contributed by atoms with Crippen LogP contribution in [-0.2, 0) is 6.54 Å². The maximum absolute atomic E-state index is 5.87. The van der Waals surface area contributed by atoms with Crippen molar-refractivity contribution >= 4 is 41.5 Å². The number of nitrogens with zero attached hydrogens (tertiary/aromatic N) is 3. The van der Waals surface area contributed by atoms with Crippen LogP contribution in [0.15, 0.2) is 33.8 Å². The van der Waals surface area contributed by atoms with Crippen LogP contribution in [0.1, 0.15) is 26.7 Å². The zero-order valence-corrected chi connectivity index (χ0v) is 17.1. The highest BCUT2D eigenvalue weighted by Gasteiger charge is 2.08. The summed E-state index contributed by atoms with van der Waals surface area (Å²) in [6, 6.07) is 7.30. The Bertz CT molecular complexity index is 642. The fourth-order valence-corrected chi connectivity index (χ4v) is 1.95. The number of benzene rings is 1. The predicted octanol–water partition coefficient (Wildman–Crippen LogP) is 3.72. The molecule has 1 aromatic heterocycles. The number of hydrogen-bond acceptors (Lipinski definition) is 4. The molecule has 2 aromatic rings. The molecule has 0 saturated heterocycles. The van der Waals surface area contributed by atoms with Gasteiger partial charge in [0.15, 0.2) is 5.96 Å². The van der Waals surface area contributed by atoms with Crippen LogP contribution in [0, 0.1) is 5.92 Å². The van der Waals surface area contributed by atoms with E-state index < -0.39 is 0 Å². The van der Waals surface area contributed by atoms with E-state index >= 15 is 0 Å². The van der Waals surface area contributed by atoms with Gasteiger partial charge in [0.2, 0.25) is 11.7 Å². The van der Waals surface area contributed by atoms with Crippen molar-refractivity contribution in [3.8, 4) is 11.4 Å². The first kappa shape index (κ1) is 20.7. The lowest BCUT2D eigenvalue weighted by molar-refractivity contribution is 0.380. The summed E-state index contributed by atoms with van der Waals surface area (Å²) in [5.41, 5.74) is 0.859. The SMILES string of the molecule is CCNC(=NCc1nc(-c2ccc(Cl)cc2)no1)NCC(C)C.I. The van der Waals surface area contributed by atoms with Crippen molar-refractivity contribution in [3.05, 3.63) is 35.2 Å². The van der Waals surface area contributed by atoms with Crippen molar-refractivity contribution in [3.63, 3.8) is 0 Å². The van der Waals surface area contributed by atoms with Crippen LogP contribution in [0.25, 0.3) is 11.4 Å². The van der Waals surface area contributed by atoms with Crippen LogP contribution in [0.2, 0.25) is 5.02 Å². The van der Waals surface area contributed by atoms with Crippen molar-refractivity contribution in [2.75, 3.05) is 13.1 Å². The van der Waals surface area contributed by atoms with Crippen molar-refractivity contribution in [2.45, 2.75) is 27.3 Å². The molecule has 1 heterocycles. The molecule has 0 aliphatic heterocycles. The number of guanidine groups is 1. The van der Waals surface area contributed by atoms with Gasteiger partial charge in [0.1, 0.15) is 6.54 Å². The van der Waals surface area contributed by atoms with E-state index in [0.29, 0.717) is 29.2 Å². The third-order valence-corrected chi connectivity index (χ3v) is 3.22. The summed E-state index contributed by atoms with van der Waals surface area (Å²) in [7, 11) is 0. The molecule has 0 radical (unpaired) electrons. The molecule has 0 fully saturated rings. The van der Waals surface area contributed by atoms with Crippen LogP contribution in [0.4, 0.5) is 0 Å². The normalized spacial score (nSPS) is 11.3. The minimum atomic E-state index is 0. The fraction of sp³-hybridized carbons (Fsp3) is 0.438. The summed E-state index contributed by atoms with van der Waals surface area (Å²) < 4.78 is 5.25. The van der Waals surface area contributed by atoms with E-state index in [1.807, 2.05) is 19.1 Å². The summed E-state index contributed by atoms with van der Waals surface area (Å²) in [6.45, 7) is 8.29. The second-order valence-corrected chi connectivity index (χ2v) is 5.92. The monoisotopic (exact) mass is 463 g/mol. The molecule has 2 N–H and O–H groups in total. The highest BCUT2D eigenvalue weighted by atomic mass is 127. The van der Waals surface area contributed by atoms with Gasteiger partial charge in [0.05, 0.1) is 0 Å². The molecule has 1 aromatic carbocycles. The lowest BCUT2D eigenvalue weighted by Crippen LogP contribution is -2.39. The Kier molecular flexibility index (Phi) is 9.05. The van der Waals surface area contributed by atoms with E-state index in [0.717, 1.165) is 24.6 Å². The Morgan fingerprint density at radius 2 is 1.96 bits per heavy atom. The lowest BCUT2D eigenvalue weighted by atomic mass is 10.2. The summed E-state index contributed by atoms with van der Waals surface area (Å²) in [4.78, 5) is 8.81. The van der Waals surface area contributed by atoms with Crippen LogP contribution in [-0.4, -0.2) is 29.2 Å². The van der Waals surface area contributed by atoms with E-state index in [9.17, 15) is 0 Å². The van der Waals surface area contributed by atoms with Gasteiger partial charge >= 0.3 is 0 Å². The maximum atomic E-state index is 5.87. The maximum Gasteiger partial charge on any atom is 0.248 e. The van der Waals surface area contributed by atoms with E-state index in [2.05, 4.69) is 39.6 Å². The van der Waals surface area contributed by atoms with E-state index in [4.69, 9.17) is 16.1 Å². The van der Waals surface area contributed by atoms with Gasteiger partial charge in [-0.3, -0.25) is 0 Å². The van der Waals surface area contributed by atoms with Crippen LogP contribution in [0.3, 0.4) is 0 Å². The zero-order chi connectivity index (χ0) is 16.7. The second-order valence-electron chi connectivity index (χ2n) is 5.49. The standard InChI is InChI=1S/C16H22ClN5O.HI/c1-4-18-16(19-9-11(2)3)20-10-14-21-15(22-23-14)12-5-7-13(17)8-6-12;/h5-8,11H,4,9-10H2,1-3H3,(H2,18,19,20);1H. The van der Waals surface area contributed by atoms with Gasteiger partial charge in [0.25, 0.3) is 0 Å². The number of halogens is 2. The largest absolute Gasteiger partial charge is 0.357 e. The van der Waals surface area contributed by atoms with Crippen molar-refractivity contribution in [1.82, 2.24) is 20.8 Å². The fourth-order valence-electron chi connectivity index (χ4n) is 1.82. The Labute approximate surface area is 164 Å². The average molecular weight is 464 g/mol. The van der Waals surface area contributed by atoms with Crippen molar-refractivity contribution < 1.29 is 4.52 Å². The zero-order valence-electron chi connectivity index (χ0n) is 14.0. The smallest absolute Gasteiger partial charge is 0.248 e. The van der Waals surface area contributed by atoms with Gasteiger partial charge in [-0.25, -0.2) is 4.99 Å². The second kappa shape index (κ2) is 10.5. The van der Waals surface area contributed by atoms with Gasteiger partial charge < -0.3 is 15.2 Å². The number of hydrogen-bond donors (Lipinski definition) is 2. The third-order valence-electron chi connectivity index (χ3n) is 2.96. The van der Waals surface area contributed by atoms with E-state index in [1.165, 1.54) is 0 Å². The summed E-state index contributed by atoms with van der Waals surface area (Å²) in [5, 5.41) is 11.1. The third kappa shape index (κ3) is 6.64. The van der Waals surface area contributed by atoms with Crippen LogP contribution >= 0.6 is 35.6 Å². The quantitative estimate of drug-likeness (QED) is 0.388. The predicted molar refractivity (Wildman–Crippen MR) is 108 cm³/mol. The topological polar surface area (TPSA) is 75.3 Å². The number of aromatic nitrogens is 2. The Balaban J connectivity index is 0.00000288. The summed E-state index contributed by atoms with van der Waals surface area (Å²) in [6.07, 6.45) is 0. The molecule has 0 aliphatic rings. The highest BCUT2D eigenvalue weighted by molar-refractivity contribution is 14.0. The number of rotatable bonds is 6. The number of aliphatic imine (C=N–C) groups is 1. The average Bonchev–Trinajstić information content (AvgIpc) is 2.99. The molecule has 8 heteroatoms. The minimum absolute atomic E-state index is 0. The minimum Gasteiger partial charge on any atom is -0.357 e. The van der Waals surface area contributed by atoms with Gasteiger partial charge in [-0.2, -0.15) is 4.98 Å². The Hall–Kier alpha value is -1.35. The van der Waals surface area contributed by atoms with Crippen LogP contribution < -0.4 is 10.6 Å². The van der Waals surface area contributed by atoms with Crippen molar-refractivity contribution in [2.24, 2.45) is 10.9 Å². The molecule has 0 saturated carbocycles. The molecule has 0 unspecified atom stereocenters. The van der Waals surface area contributed by atoms with Crippen molar-refractivity contribution in [1.29, 1.82) is 0 Å². The van der Waals surface area contributed by atoms with E-state index in [1.54, 1.807) is 12.1 Å². The Morgan fingerprint density at radius 1 is 1.25 bits per heavy atom. The molecule has 0 amide bonds. The number of nitrogens with one attached hydrogen (secondary N) is 2. The molecule has 0 bridgehead atoms. The summed E-state index contributed by atoms with van der Waals surface area (Å²) in [5.74, 6) is 2.29. The molecule has 6 nitrogen and oxygen atoms in total. The molecule has 24 heavy (non-hydrogen) atoms. The van der Waals surface area contributed by atoms with Crippen LogP contribution in [0.5, 0.6) is 0 Å². The molecule has 0 atom stereocenters. The molecule has 2 rings (SSSR count). The molecule has 0 spiro atoms. The highest BCUT2D eigenvalue weighted by Crippen LogP contribution is 2.18. The summed E-state index contributed by atoms with van der Waals surface area (Å²) >= 11 is 5.87. The first-order chi connectivity index (χ1) is 11.1. The van der Waals surface area contributed by atoms with Gasteiger partial charge in [-0.05, 0) is 37.1 Å². The molecular weight excluding hydrogens is 441 g/mol. The molecular formula is C16H23ClIN5O. The first-order valence-corrected chi connectivity index (χ1v) is 8.07. The molecule has 0 aliphatic carbocycles.